The van der Waals surface area contributed by atoms with E-state index in [1.165, 1.54) is 50.3 Å². The van der Waals surface area contributed by atoms with Gasteiger partial charge in [-0.1, -0.05) is 68.5 Å². The Kier molecular flexibility index (Phi) is 8.36. The number of nitrogens with zero attached hydrogens (tertiary/aromatic N) is 4. The fourth-order valence-corrected chi connectivity index (χ4v) is 6.62. The summed E-state index contributed by atoms with van der Waals surface area (Å²) in [5.41, 5.74) is 1.88. The second-order valence-corrected chi connectivity index (χ2v) is 11.2. The molecule has 2 fully saturated rings. The van der Waals surface area contributed by atoms with Crippen LogP contribution in [0.1, 0.15) is 75.8 Å². The number of rotatable bonds is 9. The van der Waals surface area contributed by atoms with Crippen molar-refractivity contribution in [1.82, 2.24) is 20.1 Å². The van der Waals surface area contributed by atoms with Gasteiger partial charge in [-0.2, -0.15) is 0 Å². The number of carbonyl (C=O) groups excluding carboxylic acids is 1. The fourth-order valence-electron chi connectivity index (χ4n) is 5.24. The van der Waals surface area contributed by atoms with Crippen LogP contribution in [-0.4, -0.2) is 43.8 Å². The molecule has 0 spiro atoms. The van der Waals surface area contributed by atoms with E-state index >= 15 is 0 Å². The van der Waals surface area contributed by atoms with E-state index in [1.54, 1.807) is 11.3 Å². The van der Waals surface area contributed by atoms with E-state index in [0.29, 0.717) is 35.4 Å². The Bertz CT molecular complexity index is 1060. The Hall–Kier alpha value is -2.39. The maximum Gasteiger partial charge on any atom is 0.277 e. The normalized spacial score (nSPS) is 17.4. The number of anilines is 2. The van der Waals surface area contributed by atoms with Crippen molar-refractivity contribution in [1.29, 1.82) is 0 Å². The minimum Gasteiger partial charge on any atom is -0.416 e. The zero-order valence-corrected chi connectivity index (χ0v) is 21.7. The molecule has 35 heavy (non-hydrogen) atoms. The van der Waals surface area contributed by atoms with Crippen molar-refractivity contribution in [3.63, 3.8) is 0 Å². The smallest absolute Gasteiger partial charge is 0.277 e. The quantitative estimate of drug-likeness (QED) is 0.331. The van der Waals surface area contributed by atoms with Crippen LogP contribution >= 0.6 is 23.1 Å². The molecule has 0 atom stereocenters. The van der Waals surface area contributed by atoms with Crippen LogP contribution in [0.25, 0.3) is 0 Å². The zero-order chi connectivity index (χ0) is 23.9. The molecule has 7 nitrogen and oxygen atoms in total. The highest BCUT2D eigenvalue weighted by molar-refractivity contribution is 7.99. The first-order valence-electron chi connectivity index (χ1n) is 12.8. The van der Waals surface area contributed by atoms with Crippen molar-refractivity contribution in [3.8, 4) is 0 Å². The topological polar surface area (TPSA) is 84.2 Å². The number of thioether (sulfide) groups is 1. The molecule has 1 aromatic carbocycles. The molecule has 0 bridgehead atoms. The average molecular weight is 512 g/mol. The molecule has 3 aromatic rings. The third-order valence-corrected chi connectivity index (χ3v) is 8.51. The average Bonchev–Trinajstić information content (AvgIpc) is 3.54. The number of benzene rings is 1. The molecule has 0 radical (unpaired) electrons. The molecule has 2 heterocycles. The van der Waals surface area contributed by atoms with Crippen molar-refractivity contribution in [3.05, 3.63) is 47.3 Å². The van der Waals surface area contributed by atoms with Crippen LogP contribution in [0.15, 0.2) is 45.4 Å². The summed E-state index contributed by atoms with van der Waals surface area (Å²) in [5, 5.41) is 15.0. The Morgan fingerprint density at radius 2 is 1.69 bits per heavy atom. The first-order chi connectivity index (χ1) is 17.2. The molecule has 1 amide bonds. The molecule has 2 aromatic heterocycles. The number of thiazole rings is 1. The third-order valence-electron chi connectivity index (χ3n) is 6.90. The van der Waals surface area contributed by atoms with Crippen molar-refractivity contribution in [2.45, 2.75) is 87.9 Å². The second-order valence-electron chi connectivity index (χ2n) is 9.45. The van der Waals surface area contributed by atoms with Crippen LogP contribution in [0, 0.1) is 0 Å². The molecule has 2 aliphatic rings. The summed E-state index contributed by atoms with van der Waals surface area (Å²) in [6, 6.07) is 10.8. The highest BCUT2D eigenvalue weighted by Crippen LogP contribution is 2.31. The van der Waals surface area contributed by atoms with Crippen molar-refractivity contribution >= 4 is 39.8 Å². The summed E-state index contributed by atoms with van der Waals surface area (Å²) in [6.07, 6.45) is 12.6. The third kappa shape index (κ3) is 6.64. The number of para-hydroxylation sites is 1. The second kappa shape index (κ2) is 12.0. The largest absolute Gasteiger partial charge is 0.416 e. The molecule has 0 saturated heterocycles. The minimum atomic E-state index is 0.227. The van der Waals surface area contributed by atoms with Crippen LogP contribution in [0.4, 0.5) is 10.8 Å². The summed E-state index contributed by atoms with van der Waals surface area (Å²) in [7, 11) is 0. The molecule has 2 aliphatic carbocycles. The van der Waals surface area contributed by atoms with E-state index in [1.807, 2.05) is 35.7 Å². The lowest BCUT2D eigenvalue weighted by atomic mass is 9.88. The molecule has 2 saturated carbocycles. The van der Waals surface area contributed by atoms with Gasteiger partial charge in [-0.3, -0.25) is 4.79 Å². The summed E-state index contributed by atoms with van der Waals surface area (Å²) < 4.78 is 5.85. The van der Waals surface area contributed by atoms with Crippen molar-refractivity contribution in [2.24, 2.45) is 0 Å². The van der Waals surface area contributed by atoms with Gasteiger partial charge in [0.2, 0.25) is 11.8 Å². The van der Waals surface area contributed by atoms with Crippen LogP contribution in [-0.2, 0) is 11.2 Å². The molecule has 0 aliphatic heterocycles. The maximum absolute atomic E-state index is 13.4. The van der Waals surface area contributed by atoms with Crippen molar-refractivity contribution < 1.29 is 9.21 Å². The van der Waals surface area contributed by atoms with Crippen LogP contribution < -0.4 is 5.32 Å². The van der Waals surface area contributed by atoms with Gasteiger partial charge in [0.1, 0.15) is 0 Å². The summed E-state index contributed by atoms with van der Waals surface area (Å²) in [4.78, 5) is 20.2. The molecule has 9 heteroatoms. The molecule has 1 N–H and O–H groups in total. The summed E-state index contributed by atoms with van der Waals surface area (Å²) >= 11 is 2.91. The maximum atomic E-state index is 13.4. The van der Waals surface area contributed by atoms with E-state index in [9.17, 15) is 4.79 Å². The predicted octanol–water partition coefficient (Wildman–Crippen LogP) is 6.45. The van der Waals surface area contributed by atoms with Gasteiger partial charge in [0, 0.05) is 23.2 Å². The summed E-state index contributed by atoms with van der Waals surface area (Å²) in [6.45, 7) is 0. The Morgan fingerprint density at radius 1 is 1.00 bits per heavy atom. The van der Waals surface area contributed by atoms with E-state index in [-0.39, 0.29) is 5.91 Å². The Labute approximate surface area is 215 Å². The van der Waals surface area contributed by atoms with E-state index < -0.39 is 0 Å². The number of hydrogen-bond donors (Lipinski definition) is 1. The lowest BCUT2D eigenvalue weighted by Crippen LogP contribution is -2.49. The monoisotopic (exact) mass is 511 g/mol. The van der Waals surface area contributed by atoms with Gasteiger partial charge in [0.15, 0.2) is 5.13 Å². The molecule has 5 rings (SSSR count). The van der Waals surface area contributed by atoms with Gasteiger partial charge in [0.25, 0.3) is 5.22 Å². The lowest BCUT2D eigenvalue weighted by molar-refractivity contribution is -0.135. The molecular formula is C26H33N5O2S2. The fraction of sp³-hybridized carbons (Fsp3) is 0.538. The van der Waals surface area contributed by atoms with Gasteiger partial charge in [0.05, 0.1) is 17.9 Å². The van der Waals surface area contributed by atoms with Crippen molar-refractivity contribution in [2.75, 3.05) is 11.1 Å². The predicted molar refractivity (Wildman–Crippen MR) is 140 cm³/mol. The van der Waals surface area contributed by atoms with E-state index in [0.717, 1.165) is 42.2 Å². The highest BCUT2D eigenvalue weighted by Gasteiger charge is 2.32. The van der Waals surface area contributed by atoms with Gasteiger partial charge in [-0.25, -0.2) is 4.98 Å². The first-order valence-corrected chi connectivity index (χ1v) is 14.6. The number of carbonyl (C=O) groups is 1. The van der Waals surface area contributed by atoms with Gasteiger partial charge in [-0.05, 0) is 37.8 Å². The number of amides is 1. The SMILES string of the molecule is O=C(CSc1nnc(Cc2csc(Nc3ccccc3)n2)o1)N(C1CCCCC1)C1CCCCC1. The van der Waals surface area contributed by atoms with E-state index in [2.05, 4.69) is 25.4 Å². The molecule has 0 unspecified atom stereocenters. The minimum absolute atomic E-state index is 0.227. The number of nitrogens with one attached hydrogen (secondary N) is 1. The molecule has 186 valence electrons. The zero-order valence-electron chi connectivity index (χ0n) is 20.0. The Balaban J connectivity index is 1.16. The Morgan fingerprint density at radius 3 is 2.37 bits per heavy atom. The standard InChI is InChI=1S/C26H33N5O2S2/c32-24(31(21-12-6-2-7-13-21)22-14-8-3-9-15-22)18-35-26-30-29-23(33-26)16-20-17-34-25(28-20)27-19-10-4-1-5-11-19/h1,4-5,10-11,17,21-22H,2-3,6-9,12-16,18H2,(H,27,28). The number of aromatic nitrogens is 3. The van der Waals surface area contributed by atoms with Crippen LogP contribution in [0.3, 0.4) is 0 Å². The van der Waals surface area contributed by atoms with Crippen LogP contribution in [0.5, 0.6) is 0 Å². The number of hydrogen-bond acceptors (Lipinski definition) is 8. The van der Waals surface area contributed by atoms with E-state index in [4.69, 9.17) is 4.42 Å². The molecular weight excluding hydrogens is 478 g/mol. The van der Waals surface area contributed by atoms with Gasteiger partial charge in [-0.15, -0.1) is 21.5 Å². The van der Waals surface area contributed by atoms with Gasteiger partial charge >= 0.3 is 0 Å². The van der Waals surface area contributed by atoms with Gasteiger partial charge < -0.3 is 14.6 Å². The van der Waals surface area contributed by atoms with Crippen LogP contribution in [0.2, 0.25) is 0 Å². The highest BCUT2D eigenvalue weighted by atomic mass is 32.2. The summed E-state index contributed by atoms with van der Waals surface area (Å²) in [5.74, 6) is 1.11. The lowest BCUT2D eigenvalue weighted by Gasteiger charge is -2.41. The first kappa shape index (κ1) is 24.3.